The summed E-state index contributed by atoms with van der Waals surface area (Å²) in [5, 5.41) is 3.09. The molecule has 0 saturated carbocycles. The number of nitrogens with one attached hydrogen (secondary N) is 1. The number of rotatable bonds is 6. The summed E-state index contributed by atoms with van der Waals surface area (Å²) in [6.45, 7) is 5.41. The van der Waals surface area contributed by atoms with Crippen LogP contribution in [0.2, 0.25) is 0 Å². The first-order valence-corrected chi connectivity index (χ1v) is 6.68. The van der Waals surface area contributed by atoms with Gasteiger partial charge < -0.3 is 15.1 Å². The third-order valence-electron chi connectivity index (χ3n) is 3.36. The lowest BCUT2D eigenvalue weighted by molar-refractivity contribution is 0.346. The van der Waals surface area contributed by atoms with Gasteiger partial charge in [-0.25, -0.2) is 9.97 Å². The minimum absolute atomic E-state index is 0.814. The highest BCUT2D eigenvalue weighted by Crippen LogP contribution is 2.09. The Morgan fingerprint density at radius 3 is 2.56 bits per heavy atom. The largest absolute Gasteiger partial charge is 0.343 e. The van der Waals surface area contributed by atoms with Crippen LogP contribution in [0.25, 0.3) is 0 Å². The quantitative estimate of drug-likeness (QED) is 0.805. The molecule has 0 amide bonds. The topological polar surface area (TPSA) is 44.3 Å². The number of nitrogens with zero attached hydrogens (tertiary/aromatic N) is 4. The minimum atomic E-state index is 0.814. The monoisotopic (exact) mass is 249 g/mol. The lowest BCUT2D eigenvalue weighted by Crippen LogP contribution is -2.32. The number of hydrogen-bond acceptors (Lipinski definition) is 5. The Labute approximate surface area is 109 Å². The number of hydrogen-bond donors (Lipinski definition) is 1. The Kier molecular flexibility index (Phi) is 4.90. The summed E-state index contributed by atoms with van der Waals surface area (Å²) in [7, 11) is 3.99. The lowest BCUT2D eigenvalue weighted by atomic mass is 10.3. The van der Waals surface area contributed by atoms with Crippen LogP contribution in [0.4, 0.5) is 5.95 Å². The number of likely N-dealkylation sites (N-methyl/N-ethyl adjacent to an activating group) is 1. The van der Waals surface area contributed by atoms with Crippen molar-refractivity contribution in [3.63, 3.8) is 0 Å². The molecule has 0 atom stereocenters. The second-order valence-electron chi connectivity index (χ2n) is 4.89. The smallest absolute Gasteiger partial charge is 0.225 e. The summed E-state index contributed by atoms with van der Waals surface area (Å²) >= 11 is 0. The van der Waals surface area contributed by atoms with E-state index in [-0.39, 0.29) is 0 Å². The Morgan fingerprint density at radius 1 is 1.28 bits per heavy atom. The third-order valence-corrected chi connectivity index (χ3v) is 3.36. The molecule has 18 heavy (non-hydrogen) atoms. The van der Waals surface area contributed by atoms with Crippen LogP contribution in [-0.4, -0.2) is 55.1 Å². The average Bonchev–Trinajstić information content (AvgIpc) is 2.90. The molecule has 5 nitrogen and oxygen atoms in total. The predicted octanol–water partition coefficient (Wildman–Crippen LogP) is 0.728. The molecule has 100 valence electrons. The van der Waals surface area contributed by atoms with Crippen LogP contribution < -0.4 is 10.2 Å². The standard InChI is InChI=1S/C13H23N5/c1-14-9-12-10-15-13(16-11-12)17(2)7-8-18-5-3-4-6-18/h10-11,14H,3-9H2,1-2H3. The summed E-state index contributed by atoms with van der Waals surface area (Å²) in [5.41, 5.74) is 1.12. The fourth-order valence-corrected chi connectivity index (χ4v) is 2.24. The molecule has 1 aromatic heterocycles. The zero-order chi connectivity index (χ0) is 12.8. The summed E-state index contributed by atoms with van der Waals surface area (Å²) in [6, 6.07) is 0. The zero-order valence-electron chi connectivity index (χ0n) is 11.4. The maximum absolute atomic E-state index is 4.40. The lowest BCUT2D eigenvalue weighted by Gasteiger charge is -2.21. The van der Waals surface area contributed by atoms with Crippen LogP contribution in [0.15, 0.2) is 12.4 Å². The van der Waals surface area contributed by atoms with Crippen molar-refractivity contribution < 1.29 is 0 Å². The molecule has 1 aliphatic heterocycles. The van der Waals surface area contributed by atoms with Gasteiger partial charge >= 0.3 is 0 Å². The molecule has 1 N–H and O–H groups in total. The highest BCUT2D eigenvalue weighted by Gasteiger charge is 2.12. The molecule has 0 bridgehead atoms. The Morgan fingerprint density at radius 2 is 1.94 bits per heavy atom. The van der Waals surface area contributed by atoms with Gasteiger partial charge in [-0.3, -0.25) is 0 Å². The molecule has 1 saturated heterocycles. The van der Waals surface area contributed by atoms with E-state index in [1.165, 1.54) is 25.9 Å². The van der Waals surface area contributed by atoms with Crippen molar-refractivity contribution >= 4 is 5.95 Å². The first-order chi connectivity index (χ1) is 8.79. The van der Waals surface area contributed by atoms with Crippen molar-refractivity contribution in [2.45, 2.75) is 19.4 Å². The van der Waals surface area contributed by atoms with Gasteiger partial charge in [-0.2, -0.15) is 0 Å². The van der Waals surface area contributed by atoms with Gasteiger partial charge in [0.05, 0.1) is 0 Å². The Balaban J connectivity index is 1.81. The van der Waals surface area contributed by atoms with Gasteiger partial charge in [0, 0.05) is 44.6 Å². The molecular weight excluding hydrogens is 226 g/mol. The van der Waals surface area contributed by atoms with Crippen LogP contribution in [0.3, 0.4) is 0 Å². The minimum Gasteiger partial charge on any atom is -0.343 e. The van der Waals surface area contributed by atoms with Gasteiger partial charge in [-0.1, -0.05) is 0 Å². The van der Waals surface area contributed by atoms with Crippen molar-refractivity contribution in [1.82, 2.24) is 20.2 Å². The van der Waals surface area contributed by atoms with Crippen LogP contribution in [0, 0.1) is 0 Å². The van der Waals surface area contributed by atoms with E-state index in [0.29, 0.717) is 0 Å². The fourth-order valence-electron chi connectivity index (χ4n) is 2.24. The summed E-state index contributed by atoms with van der Waals surface area (Å²) in [6.07, 6.45) is 6.48. The van der Waals surface area contributed by atoms with E-state index in [1.54, 1.807) is 0 Å². The van der Waals surface area contributed by atoms with Crippen molar-refractivity contribution in [1.29, 1.82) is 0 Å². The van der Waals surface area contributed by atoms with Gasteiger partial charge in [0.25, 0.3) is 0 Å². The predicted molar refractivity (Wildman–Crippen MR) is 73.7 cm³/mol. The molecule has 2 rings (SSSR count). The van der Waals surface area contributed by atoms with Crippen LogP contribution in [0.1, 0.15) is 18.4 Å². The Hall–Kier alpha value is -1.20. The van der Waals surface area contributed by atoms with E-state index in [0.717, 1.165) is 31.1 Å². The number of aromatic nitrogens is 2. The van der Waals surface area contributed by atoms with Crippen molar-refractivity contribution in [3.8, 4) is 0 Å². The van der Waals surface area contributed by atoms with E-state index in [1.807, 2.05) is 19.4 Å². The van der Waals surface area contributed by atoms with Gasteiger partial charge in [-0.15, -0.1) is 0 Å². The van der Waals surface area contributed by atoms with E-state index in [4.69, 9.17) is 0 Å². The van der Waals surface area contributed by atoms with Crippen molar-refractivity contribution in [3.05, 3.63) is 18.0 Å². The second-order valence-corrected chi connectivity index (χ2v) is 4.89. The molecule has 5 heteroatoms. The highest BCUT2D eigenvalue weighted by atomic mass is 15.3. The molecule has 0 aliphatic carbocycles. The van der Waals surface area contributed by atoms with Gasteiger partial charge in [0.1, 0.15) is 0 Å². The maximum Gasteiger partial charge on any atom is 0.225 e. The van der Waals surface area contributed by atoms with Gasteiger partial charge in [0.15, 0.2) is 0 Å². The molecule has 0 aromatic carbocycles. The SMILES string of the molecule is CNCc1cnc(N(C)CCN2CCCC2)nc1. The molecule has 1 fully saturated rings. The van der Waals surface area contributed by atoms with E-state index in [2.05, 4.69) is 32.1 Å². The highest BCUT2D eigenvalue weighted by molar-refractivity contribution is 5.28. The van der Waals surface area contributed by atoms with E-state index in [9.17, 15) is 0 Å². The summed E-state index contributed by atoms with van der Waals surface area (Å²) in [5.74, 6) is 0.814. The third kappa shape index (κ3) is 3.65. The van der Waals surface area contributed by atoms with Crippen molar-refractivity contribution in [2.24, 2.45) is 0 Å². The normalized spacial score (nSPS) is 16.1. The molecule has 0 unspecified atom stereocenters. The Bertz CT molecular complexity index is 345. The molecule has 1 aromatic rings. The zero-order valence-corrected chi connectivity index (χ0v) is 11.4. The van der Waals surface area contributed by atoms with Gasteiger partial charge in [0.2, 0.25) is 5.95 Å². The first kappa shape index (κ1) is 13.2. The maximum atomic E-state index is 4.40. The van der Waals surface area contributed by atoms with E-state index >= 15 is 0 Å². The second kappa shape index (κ2) is 6.66. The molecule has 0 spiro atoms. The summed E-state index contributed by atoms with van der Waals surface area (Å²) in [4.78, 5) is 13.4. The van der Waals surface area contributed by atoms with Crippen LogP contribution in [-0.2, 0) is 6.54 Å². The van der Waals surface area contributed by atoms with Crippen molar-refractivity contribution in [2.75, 3.05) is 45.2 Å². The molecular formula is C13H23N5. The van der Waals surface area contributed by atoms with Crippen LogP contribution >= 0.6 is 0 Å². The molecule has 1 aliphatic rings. The molecule has 2 heterocycles. The van der Waals surface area contributed by atoms with E-state index < -0.39 is 0 Å². The van der Waals surface area contributed by atoms with Gasteiger partial charge in [-0.05, 0) is 33.0 Å². The average molecular weight is 249 g/mol. The number of likely N-dealkylation sites (tertiary alicyclic amines) is 1. The first-order valence-electron chi connectivity index (χ1n) is 6.68. The molecule has 0 radical (unpaired) electrons. The summed E-state index contributed by atoms with van der Waals surface area (Å²) < 4.78 is 0. The van der Waals surface area contributed by atoms with Crippen LogP contribution in [0.5, 0.6) is 0 Å². The number of anilines is 1. The fraction of sp³-hybridized carbons (Fsp3) is 0.692.